The summed E-state index contributed by atoms with van der Waals surface area (Å²) in [7, 11) is 1.39. The van der Waals surface area contributed by atoms with Gasteiger partial charge >= 0.3 is 0 Å². The maximum atomic E-state index is 13.6. The predicted octanol–water partition coefficient (Wildman–Crippen LogP) is 1.79. The highest BCUT2D eigenvalue weighted by Crippen LogP contribution is 2.29. The highest BCUT2D eigenvalue weighted by Gasteiger charge is 2.42. The Morgan fingerprint density at radius 1 is 1.53 bits per heavy atom. The van der Waals surface area contributed by atoms with Crippen molar-refractivity contribution in [1.82, 2.24) is 4.90 Å². The number of methoxy groups -OCH3 is 1. The normalized spacial score (nSPS) is 21.5. The summed E-state index contributed by atoms with van der Waals surface area (Å²) in [5.41, 5.74) is 5.92. The van der Waals surface area contributed by atoms with E-state index in [1.54, 1.807) is 11.0 Å². The number of rotatable bonds is 2. The van der Waals surface area contributed by atoms with Crippen molar-refractivity contribution >= 4 is 5.91 Å². The predicted molar refractivity (Wildman–Crippen MR) is 70.7 cm³/mol. The van der Waals surface area contributed by atoms with Crippen LogP contribution in [0.25, 0.3) is 0 Å². The van der Waals surface area contributed by atoms with E-state index < -0.39 is 11.4 Å². The summed E-state index contributed by atoms with van der Waals surface area (Å²) in [6, 6.07) is 4.19. The van der Waals surface area contributed by atoms with Gasteiger partial charge in [-0.1, -0.05) is 0 Å². The van der Waals surface area contributed by atoms with Crippen molar-refractivity contribution in [2.45, 2.75) is 31.8 Å². The molecule has 0 spiro atoms. The third-order valence-corrected chi connectivity index (χ3v) is 3.91. The van der Waals surface area contributed by atoms with E-state index in [4.69, 9.17) is 10.5 Å². The molecule has 2 N–H and O–H groups in total. The molecule has 1 aromatic carbocycles. The standard InChI is InChI=1S/C14H19FN2O2/c1-14(2)12(16)6-7-17(14)13(18)9-4-5-11(19-3)10(15)8-9/h4-5,8,12H,6-7,16H2,1-3H3. The molecule has 1 aliphatic rings. The van der Waals surface area contributed by atoms with E-state index >= 15 is 0 Å². The molecule has 5 heteroatoms. The zero-order chi connectivity index (χ0) is 14.2. The van der Waals surface area contributed by atoms with Crippen molar-refractivity contribution < 1.29 is 13.9 Å². The fraction of sp³-hybridized carbons (Fsp3) is 0.500. The molecule has 104 valence electrons. The maximum absolute atomic E-state index is 13.6. The molecule has 1 saturated heterocycles. The van der Waals surface area contributed by atoms with E-state index in [0.717, 1.165) is 6.42 Å². The molecule has 0 saturated carbocycles. The van der Waals surface area contributed by atoms with Gasteiger partial charge in [0, 0.05) is 18.2 Å². The van der Waals surface area contributed by atoms with Gasteiger partial charge in [-0.2, -0.15) is 0 Å². The molecule has 0 radical (unpaired) electrons. The molecule has 1 unspecified atom stereocenters. The second kappa shape index (κ2) is 4.81. The first kappa shape index (κ1) is 13.8. The number of carbonyl (C=O) groups excluding carboxylic acids is 1. The molecule has 1 heterocycles. The van der Waals surface area contributed by atoms with Crippen LogP contribution < -0.4 is 10.5 Å². The van der Waals surface area contributed by atoms with Crippen LogP contribution in [0.4, 0.5) is 4.39 Å². The molecule has 2 rings (SSSR count). The van der Waals surface area contributed by atoms with Crippen molar-refractivity contribution in [1.29, 1.82) is 0 Å². The van der Waals surface area contributed by atoms with E-state index in [1.807, 2.05) is 13.8 Å². The van der Waals surface area contributed by atoms with E-state index in [1.165, 1.54) is 19.2 Å². The molecular weight excluding hydrogens is 247 g/mol. The zero-order valence-electron chi connectivity index (χ0n) is 11.4. The first-order chi connectivity index (χ1) is 8.87. The summed E-state index contributed by atoms with van der Waals surface area (Å²) < 4.78 is 18.5. The van der Waals surface area contributed by atoms with Crippen molar-refractivity contribution in [2.24, 2.45) is 5.73 Å². The lowest BCUT2D eigenvalue weighted by Gasteiger charge is -2.34. The minimum Gasteiger partial charge on any atom is -0.494 e. The fourth-order valence-electron chi connectivity index (χ4n) is 2.43. The number of benzene rings is 1. The van der Waals surface area contributed by atoms with Gasteiger partial charge in [0.25, 0.3) is 5.91 Å². The Morgan fingerprint density at radius 2 is 2.21 bits per heavy atom. The quantitative estimate of drug-likeness (QED) is 0.887. The van der Waals surface area contributed by atoms with Gasteiger partial charge in [0.15, 0.2) is 11.6 Å². The Morgan fingerprint density at radius 3 is 2.68 bits per heavy atom. The van der Waals surface area contributed by atoms with Crippen LogP contribution in [0.5, 0.6) is 5.75 Å². The minimum absolute atomic E-state index is 0.0560. The van der Waals surface area contributed by atoms with Gasteiger partial charge < -0.3 is 15.4 Å². The van der Waals surface area contributed by atoms with Crippen LogP contribution in [-0.4, -0.2) is 36.0 Å². The van der Waals surface area contributed by atoms with Gasteiger partial charge in [-0.3, -0.25) is 4.79 Å². The topological polar surface area (TPSA) is 55.6 Å². The second-order valence-corrected chi connectivity index (χ2v) is 5.35. The van der Waals surface area contributed by atoms with E-state index in [9.17, 15) is 9.18 Å². The minimum atomic E-state index is -0.533. The molecule has 0 bridgehead atoms. The summed E-state index contributed by atoms with van der Waals surface area (Å²) in [6.07, 6.45) is 0.761. The van der Waals surface area contributed by atoms with Gasteiger partial charge in [-0.15, -0.1) is 0 Å². The average molecular weight is 266 g/mol. The lowest BCUT2D eigenvalue weighted by atomic mass is 9.96. The van der Waals surface area contributed by atoms with E-state index in [0.29, 0.717) is 12.1 Å². The summed E-state index contributed by atoms with van der Waals surface area (Å²) >= 11 is 0. The molecule has 0 aliphatic carbocycles. The van der Waals surface area contributed by atoms with Gasteiger partial charge in [0.05, 0.1) is 12.6 Å². The highest BCUT2D eigenvalue weighted by molar-refractivity contribution is 5.95. The Hall–Kier alpha value is -1.62. The molecule has 1 aromatic rings. The Bertz CT molecular complexity index is 502. The number of ether oxygens (including phenoxy) is 1. The van der Waals surface area contributed by atoms with Crippen molar-refractivity contribution in [3.63, 3.8) is 0 Å². The summed E-state index contributed by atoms with van der Waals surface area (Å²) in [5, 5.41) is 0. The smallest absolute Gasteiger partial charge is 0.254 e. The number of halogens is 1. The van der Waals surface area contributed by atoms with Gasteiger partial charge in [-0.25, -0.2) is 4.39 Å². The monoisotopic (exact) mass is 266 g/mol. The van der Waals surface area contributed by atoms with E-state index in [2.05, 4.69) is 0 Å². The summed E-state index contributed by atoms with van der Waals surface area (Å²) in [4.78, 5) is 14.1. The van der Waals surface area contributed by atoms with E-state index in [-0.39, 0.29) is 17.7 Å². The lowest BCUT2D eigenvalue weighted by molar-refractivity contribution is 0.0636. The molecule has 1 aliphatic heterocycles. The van der Waals surface area contributed by atoms with Gasteiger partial charge in [0.2, 0.25) is 0 Å². The lowest BCUT2D eigenvalue weighted by Crippen LogP contribution is -2.51. The number of nitrogens with zero attached hydrogens (tertiary/aromatic N) is 1. The largest absolute Gasteiger partial charge is 0.494 e. The van der Waals surface area contributed by atoms with Gasteiger partial charge in [-0.05, 0) is 38.5 Å². The maximum Gasteiger partial charge on any atom is 0.254 e. The van der Waals surface area contributed by atoms with Crippen LogP contribution in [-0.2, 0) is 0 Å². The molecule has 0 aromatic heterocycles. The zero-order valence-corrected chi connectivity index (χ0v) is 11.4. The van der Waals surface area contributed by atoms with Crippen LogP contribution in [0.15, 0.2) is 18.2 Å². The molecular formula is C14H19FN2O2. The van der Waals surface area contributed by atoms with Gasteiger partial charge in [0.1, 0.15) is 0 Å². The number of hydrogen-bond acceptors (Lipinski definition) is 3. The highest BCUT2D eigenvalue weighted by atomic mass is 19.1. The molecule has 4 nitrogen and oxygen atoms in total. The SMILES string of the molecule is COc1ccc(C(=O)N2CCC(N)C2(C)C)cc1F. The summed E-state index contributed by atoms with van der Waals surface area (Å²) in [5.74, 6) is -0.594. The van der Waals surface area contributed by atoms with Crippen molar-refractivity contribution in [3.05, 3.63) is 29.6 Å². The number of amides is 1. The second-order valence-electron chi connectivity index (χ2n) is 5.35. The Labute approximate surface area is 112 Å². The fourth-order valence-corrected chi connectivity index (χ4v) is 2.43. The van der Waals surface area contributed by atoms with Crippen molar-refractivity contribution in [3.8, 4) is 5.75 Å². The third-order valence-electron chi connectivity index (χ3n) is 3.91. The van der Waals surface area contributed by atoms with Crippen molar-refractivity contribution in [2.75, 3.05) is 13.7 Å². The molecule has 19 heavy (non-hydrogen) atoms. The summed E-state index contributed by atoms with van der Waals surface area (Å²) in [6.45, 7) is 4.46. The van der Waals surface area contributed by atoms with Crippen LogP contribution >= 0.6 is 0 Å². The first-order valence-electron chi connectivity index (χ1n) is 6.29. The number of nitrogens with two attached hydrogens (primary N) is 1. The van der Waals surface area contributed by atoms with Crippen LogP contribution in [0.1, 0.15) is 30.6 Å². The molecule has 1 atom stereocenters. The Balaban J connectivity index is 2.28. The third kappa shape index (κ3) is 2.30. The average Bonchev–Trinajstić information content (AvgIpc) is 2.63. The number of likely N-dealkylation sites (tertiary alicyclic amines) is 1. The number of hydrogen-bond donors (Lipinski definition) is 1. The first-order valence-corrected chi connectivity index (χ1v) is 6.29. The Kier molecular flexibility index (Phi) is 3.49. The molecule has 1 fully saturated rings. The molecule has 1 amide bonds. The van der Waals surface area contributed by atoms with Crippen LogP contribution in [0.2, 0.25) is 0 Å². The van der Waals surface area contributed by atoms with Crippen LogP contribution in [0.3, 0.4) is 0 Å². The van der Waals surface area contributed by atoms with Crippen LogP contribution in [0, 0.1) is 5.82 Å². The number of carbonyl (C=O) groups is 1.